The molecule has 2 aromatic heterocycles. The lowest BCUT2D eigenvalue weighted by Crippen LogP contribution is -2.38. The molecule has 226 valence electrons. The zero-order valence-electron chi connectivity index (χ0n) is 24.1. The molecule has 4 unspecified atom stereocenters. The van der Waals surface area contributed by atoms with Crippen molar-refractivity contribution in [2.24, 2.45) is 5.92 Å². The van der Waals surface area contributed by atoms with Crippen molar-refractivity contribution in [3.63, 3.8) is 0 Å². The van der Waals surface area contributed by atoms with E-state index in [9.17, 15) is 13.5 Å². The van der Waals surface area contributed by atoms with Gasteiger partial charge in [0.1, 0.15) is 4.90 Å². The molecule has 3 heterocycles. The maximum Gasteiger partial charge on any atom is 0.243 e. The number of pyridine rings is 2. The number of hydrogen-bond donors (Lipinski definition) is 2. The van der Waals surface area contributed by atoms with E-state index in [0.717, 1.165) is 32.7 Å². The third-order valence-electron chi connectivity index (χ3n) is 7.76. The molecule has 0 saturated carbocycles. The molecule has 0 radical (unpaired) electrons. The van der Waals surface area contributed by atoms with Gasteiger partial charge in [-0.3, -0.25) is 4.98 Å². The normalized spacial score (nSPS) is 20.5. The van der Waals surface area contributed by atoms with Crippen LogP contribution in [0.3, 0.4) is 0 Å². The lowest BCUT2D eigenvalue weighted by molar-refractivity contribution is -0.268. The predicted octanol–water partition coefficient (Wildman–Crippen LogP) is 6.18. The standard InChI is InChI=1S/C34H33N3O5S2/c1-23-29(22-43-31-9-2-3-18-35-31)41-34(42-33(23)27-14-12-25(21-38)13-15-27)28-16-10-24(11-17-28)20-37-44(39,40)30-8-4-6-26-7-5-19-36-32(26)30/h2-19,23,29,33-34,37-38H,20-22H2,1H3. The number of sulfonamides is 1. The minimum atomic E-state index is -3.79. The minimum absolute atomic E-state index is 0.0161. The number of rotatable bonds is 10. The first kappa shape index (κ1) is 30.4. The van der Waals surface area contributed by atoms with E-state index in [0.29, 0.717) is 11.3 Å². The van der Waals surface area contributed by atoms with Gasteiger partial charge in [0.2, 0.25) is 10.0 Å². The van der Waals surface area contributed by atoms with Crippen LogP contribution in [-0.4, -0.2) is 35.3 Å². The van der Waals surface area contributed by atoms with Crippen molar-refractivity contribution in [1.29, 1.82) is 0 Å². The van der Waals surface area contributed by atoms with E-state index in [4.69, 9.17) is 9.47 Å². The Kier molecular flexibility index (Phi) is 9.36. The molecule has 3 aromatic carbocycles. The average Bonchev–Trinajstić information content (AvgIpc) is 3.07. The molecule has 0 amide bonds. The third kappa shape index (κ3) is 6.86. The molecule has 1 saturated heterocycles. The summed E-state index contributed by atoms with van der Waals surface area (Å²) in [6, 6.07) is 30.0. The Morgan fingerprint density at radius 2 is 1.55 bits per heavy atom. The number of thioether (sulfide) groups is 1. The second-order valence-electron chi connectivity index (χ2n) is 10.7. The lowest BCUT2D eigenvalue weighted by Gasteiger charge is -2.41. The number of aromatic nitrogens is 2. The van der Waals surface area contributed by atoms with Gasteiger partial charge in [-0.1, -0.05) is 79.7 Å². The summed E-state index contributed by atoms with van der Waals surface area (Å²) in [5.74, 6) is 0.756. The molecule has 0 spiro atoms. The number of aliphatic hydroxyl groups is 1. The van der Waals surface area contributed by atoms with Gasteiger partial charge >= 0.3 is 0 Å². The molecule has 8 nitrogen and oxygen atoms in total. The zero-order valence-corrected chi connectivity index (χ0v) is 25.7. The maximum atomic E-state index is 13.2. The molecule has 0 bridgehead atoms. The molecule has 10 heteroatoms. The molecule has 2 N–H and O–H groups in total. The summed E-state index contributed by atoms with van der Waals surface area (Å²) in [6.45, 7) is 2.24. The number of nitrogens with one attached hydrogen (secondary N) is 1. The highest BCUT2D eigenvalue weighted by Crippen LogP contribution is 2.43. The number of ether oxygens (including phenoxy) is 2. The molecule has 0 aliphatic carbocycles. The number of aliphatic hydroxyl groups excluding tert-OH is 1. The highest BCUT2D eigenvalue weighted by molar-refractivity contribution is 7.99. The zero-order chi connectivity index (χ0) is 30.5. The summed E-state index contributed by atoms with van der Waals surface area (Å²) in [4.78, 5) is 8.87. The maximum absolute atomic E-state index is 13.2. The van der Waals surface area contributed by atoms with E-state index >= 15 is 0 Å². The van der Waals surface area contributed by atoms with Gasteiger partial charge in [-0.15, -0.1) is 11.8 Å². The molecular formula is C34H33N3O5S2. The van der Waals surface area contributed by atoms with E-state index in [1.807, 2.05) is 78.9 Å². The van der Waals surface area contributed by atoms with Crippen molar-refractivity contribution < 1.29 is 23.0 Å². The van der Waals surface area contributed by atoms with Gasteiger partial charge in [0.25, 0.3) is 0 Å². The van der Waals surface area contributed by atoms with Gasteiger partial charge in [-0.25, -0.2) is 18.1 Å². The van der Waals surface area contributed by atoms with Crippen LogP contribution in [0.15, 0.2) is 119 Å². The van der Waals surface area contributed by atoms with E-state index in [1.54, 1.807) is 42.4 Å². The molecule has 1 fully saturated rings. The molecule has 44 heavy (non-hydrogen) atoms. The Balaban J connectivity index is 1.18. The van der Waals surface area contributed by atoms with Gasteiger partial charge in [-0.2, -0.15) is 0 Å². The fourth-order valence-corrected chi connectivity index (χ4v) is 7.47. The molecule has 1 aliphatic rings. The minimum Gasteiger partial charge on any atom is -0.392 e. The Bertz CT molecular complexity index is 1800. The quantitative estimate of drug-likeness (QED) is 0.177. The van der Waals surface area contributed by atoms with Gasteiger partial charge < -0.3 is 14.6 Å². The summed E-state index contributed by atoms with van der Waals surface area (Å²) in [5.41, 5.74) is 3.94. The van der Waals surface area contributed by atoms with Gasteiger partial charge in [-0.05, 0) is 41.0 Å². The first-order chi connectivity index (χ1) is 21.4. The number of fused-ring (bicyclic) bond motifs is 1. The highest BCUT2D eigenvalue weighted by atomic mass is 32.2. The van der Waals surface area contributed by atoms with Gasteiger partial charge in [0.05, 0.1) is 29.4 Å². The molecule has 1 aliphatic heterocycles. The summed E-state index contributed by atoms with van der Waals surface area (Å²) >= 11 is 1.65. The highest BCUT2D eigenvalue weighted by Gasteiger charge is 2.38. The van der Waals surface area contributed by atoms with Crippen molar-refractivity contribution in [3.05, 3.63) is 132 Å². The van der Waals surface area contributed by atoms with Crippen LogP contribution < -0.4 is 4.72 Å². The van der Waals surface area contributed by atoms with Crippen molar-refractivity contribution in [3.8, 4) is 0 Å². The summed E-state index contributed by atoms with van der Waals surface area (Å²) in [7, 11) is -3.79. The van der Waals surface area contributed by atoms with Crippen LogP contribution in [0.2, 0.25) is 0 Å². The average molecular weight is 628 g/mol. The van der Waals surface area contributed by atoms with Crippen LogP contribution in [0, 0.1) is 5.92 Å². The summed E-state index contributed by atoms with van der Waals surface area (Å²) in [5, 5.41) is 11.2. The van der Waals surface area contributed by atoms with E-state index in [2.05, 4.69) is 21.6 Å². The monoisotopic (exact) mass is 627 g/mol. The molecule has 4 atom stereocenters. The molecular weight excluding hydrogens is 595 g/mol. The Labute approximate surface area is 261 Å². The van der Waals surface area contributed by atoms with E-state index in [1.165, 1.54) is 0 Å². The van der Waals surface area contributed by atoms with Crippen LogP contribution in [0.5, 0.6) is 0 Å². The number of nitrogens with zero attached hydrogens (tertiary/aromatic N) is 2. The summed E-state index contributed by atoms with van der Waals surface area (Å²) in [6.07, 6.45) is 2.41. The van der Waals surface area contributed by atoms with Crippen LogP contribution >= 0.6 is 11.8 Å². The van der Waals surface area contributed by atoms with Crippen molar-refractivity contribution in [2.75, 3.05) is 5.75 Å². The van der Waals surface area contributed by atoms with Crippen molar-refractivity contribution in [1.82, 2.24) is 14.7 Å². The molecule has 6 rings (SSSR count). The Morgan fingerprint density at radius 3 is 2.30 bits per heavy atom. The van der Waals surface area contributed by atoms with Gasteiger partial charge in [0.15, 0.2) is 6.29 Å². The van der Waals surface area contributed by atoms with Crippen LogP contribution in [0.25, 0.3) is 10.9 Å². The number of hydrogen-bond acceptors (Lipinski definition) is 8. The smallest absolute Gasteiger partial charge is 0.243 e. The van der Waals surface area contributed by atoms with Crippen molar-refractivity contribution in [2.45, 2.75) is 48.5 Å². The topological polar surface area (TPSA) is 111 Å². The Morgan fingerprint density at radius 1 is 0.818 bits per heavy atom. The van der Waals surface area contributed by atoms with Crippen LogP contribution in [-0.2, 0) is 32.6 Å². The van der Waals surface area contributed by atoms with Crippen molar-refractivity contribution >= 4 is 32.7 Å². The van der Waals surface area contributed by atoms with E-state index < -0.39 is 16.3 Å². The SMILES string of the molecule is CC1C(CSc2ccccn2)OC(c2ccc(CNS(=O)(=O)c3cccc4cccnc34)cc2)OC1c1ccc(CO)cc1. The fraction of sp³-hybridized carbons (Fsp3) is 0.235. The lowest BCUT2D eigenvalue weighted by atomic mass is 9.91. The fourth-order valence-electron chi connectivity index (χ4n) is 5.25. The van der Waals surface area contributed by atoms with E-state index in [-0.39, 0.29) is 36.2 Å². The largest absolute Gasteiger partial charge is 0.392 e. The number of benzene rings is 3. The van der Waals surface area contributed by atoms with Gasteiger partial charge in [0, 0.05) is 41.6 Å². The molecule has 5 aromatic rings. The second-order valence-corrected chi connectivity index (χ2v) is 13.5. The second kappa shape index (κ2) is 13.6. The summed E-state index contributed by atoms with van der Waals surface area (Å²) < 4.78 is 42.1. The van der Waals surface area contributed by atoms with Crippen LogP contribution in [0.1, 0.15) is 41.6 Å². The predicted molar refractivity (Wildman–Crippen MR) is 170 cm³/mol. The first-order valence-corrected chi connectivity index (χ1v) is 16.8. The first-order valence-electron chi connectivity index (χ1n) is 14.4. The van der Waals surface area contributed by atoms with Crippen LogP contribution in [0.4, 0.5) is 0 Å². The Hall–Kier alpha value is -3.64. The number of para-hydroxylation sites is 1. The third-order valence-corrected chi connectivity index (χ3v) is 10.2.